The summed E-state index contributed by atoms with van der Waals surface area (Å²) in [4.78, 5) is 11.1. The Morgan fingerprint density at radius 3 is 2.53 bits per heavy atom. The lowest BCUT2D eigenvalue weighted by atomic mass is 10.1. The van der Waals surface area contributed by atoms with E-state index in [1.54, 1.807) is 0 Å². The van der Waals surface area contributed by atoms with E-state index in [2.05, 4.69) is 27.1 Å². The Labute approximate surface area is 103 Å². The summed E-state index contributed by atoms with van der Waals surface area (Å²) in [5.74, 6) is 0.736. The maximum absolute atomic E-state index is 4.27. The second kappa shape index (κ2) is 5.96. The molecule has 17 heavy (non-hydrogen) atoms. The number of piperidine rings is 1. The monoisotopic (exact) mass is 234 g/mol. The van der Waals surface area contributed by atoms with Crippen LogP contribution in [0.5, 0.6) is 0 Å². The molecule has 0 aromatic carbocycles. The molecule has 2 rings (SSSR count). The van der Waals surface area contributed by atoms with Crippen molar-refractivity contribution in [1.82, 2.24) is 14.9 Å². The minimum Gasteiger partial charge on any atom is -0.350 e. The second-order valence-electron chi connectivity index (χ2n) is 4.99. The molecule has 1 N–H and O–H groups in total. The van der Waals surface area contributed by atoms with Crippen molar-refractivity contribution in [2.75, 3.05) is 25.0 Å². The van der Waals surface area contributed by atoms with Gasteiger partial charge in [0.25, 0.3) is 0 Å². The fourth-order valence-corrected chi connectivity index (χ4v) is 2.26. The van der Waals surface area contributed by atoms with E-state index in [0.717, 1.165) is 18.1 Å². The summed E-state index contributed by atoms with van der Waals surface area (Å²) in [5, 5.41) is 3.35. The first kappa shape index (κ1) is 12.3. The molecule has 1 aliphatic heterocycles. The largest absolute Gasteiger partial charge is 0.350 e. The number of nitrogens with zero attached hydrogens (tertiary/aromatic N) is 3. The standard InChI is InChI=1S/C13H22N4/c1-11-8-14-13(15-9-11)16-12(2)10-17-6-4-3-5-7-17/h8-9,12H,3-7,10H2,1-2H3,(H,14,15,16). The SMILES string of the molecule is Cc1cnc(NC(C)CN2CCCCC2)nc1. The van der Waals surface area contributed by atoms with Crippen LogP contribution in [0.15, 0.2) is 12.4 Å². The summed E-state index contributed by atoms with van der Waals surface area (Å²) in [6.07, 6.45) is 7.77. The summed E-state index contributed by atoms with van der Waals surface area (Å²) in [5.41, 5.74) is 1.10. The first-order valence-electron chi connectivity index (χ1n) is 6.51. The summed E-state index contributed by atoms with van der Waals surface area (Å²) in [7, 11) is 0. The van der Waals surface area contributed by atoms with Crippen molar-refractivity contribution < 1.29 is 0 Å². The quantitative estimate of drug-likeness (QED) is 0.866. The van der Waals surface area contributed by atoms with Gasteiger partial charge in [-0.25, -0.2) is 9.97 Å². The number of likely N-dealkylation sites (tertiary alicyclic amines) is 1. The number of aryl methyl sites for hydroxylation is 1. The fourth-order valence-electron chi connectivity index (χ4n) is 2.26. The Hall–Kier alpha value is -1.16. The maximum atomic E-state index is 4.27. The fraction of sp³-hybridized carbons (Fsp3) is 0.692. The van der Waals surface area contributed by atoms with Crippen LogP contribution in [0.25, 0.3) is 0 Å². The van der Waals surface area contributed by atoms with E-state index in [0.29, 0.717) is 6.04 Å². The lowest BCUT2D eigenvalue weighted by molar-refractivity contribution is 0.223. The third-order valence-electron chi connectivity index (χ3n) is 3.14. The van der Waals surface area contributed by atoms with Gasteiger partial charge in [-0.15, -0.1) is 0 Å². The van der Waals surface area contributed by atoms with Gasteiger partial charge in [0.05, 0.1) is 0 Å². The molecule has 0 spiro atoms. The lowest BCUT2D eigenvalue weighted by Crippen LogP contribution is -2.38. The average Bonchev–Trinajstić information content (AvgIpc) is 2.33. The van der Waals surface area contributed by atoms with E-state index in [1.807, 2.05) is 19.3 Å². The van der Waals surface area contributed by atoms with Crippen molar-refractivity contribution in [3.05, 3.63) is 18.0 Å². The predicted octanol–water partition coefficient (Wildman–Crippen LogP) is 2.07. The number of aromatic nitrogens is 2. The predicted molar refractivity (Wildman–Crippen MR) is 70.1 cm³/mol. The van der Waals surface area contributed by atoms with Gasteiger partial charge in [-0.3, -0.25) is 0 Å². The van der Waals surface area contributed by atoms with Crippen molar-refractivity contribution in [2.45, 2.75) is 39.2 Å². The minimum atomic E-state index is 0.399. The minimum absolute atomic E-state index is 0.399. The molecule has 0 bridgehead atoms. The number of hydrogen-bond acceptors (Lipinski definition) is 4. The molecule has 1 atom stereocenters. The van der Waals surface area contributed by atoms with E-state index < -0.39 is 0 Å². The molecule has 0 aliphatic carbocycles. The molecule has 94 valence electrons. The highest BCUT2D eigenvalue weighted by Crippen LogP contribution is 2.10. The first-order valence-corrected chi connectivity index (χ1v) is 6.51. The molecule has 1 fully saturated rings. The molecule has 0 radical (unpaired) electrons. The van der Waals surface area contributed by atoms with Gasteiger partial charge in [-0.05, 0) is 45.3 Å². The Kier molecular flexibility index (Phi) is 4.31. The van der Waals surface area contributed by atoms with E-state index in [9.17, 15) is 0 Å². The van der Waals surface area contributed by atoms with Crippen molar-refractivity contribution in [2.24, 2.45) is 0 Å². The second-order valence-corrected chi connectivity index (χ2v) is 4.99. The van der Waals surface area contributed by atoms with Crippen LogP contribution in [0, 0.1) is 6.92 Å². The van der Waals surface area contributed by atoms with Crippen LogP contribution < -0.4 is 5.32 Å². The zero-order valence-corrected chi connectivity index (χ0v) is 10.8. The molecule has 1 aromatic rings. The Morgan fingerprint density at radius 2 is 1.88 bits per heavy atom. The van der Waals surface area contributed by atoms with Crippen molar-refractivity contribution in [1.29, 1.82) is 0 Å². The van der Waals surface area contributed by atoms with Gasteiger partial charge in [0.1, 0.15) is 0 Å². The van der Waals surface area contributed by atoms with Gasteiger partial charge in [0, 0.05) is 25.0 Å². The van der Waals surface area contributed by atoms with Gasteiger partial charge in [-0.2, -0.15) is 0 Å². The highest BCUT2D eigenvalue weighted by Gasteiger charge is 2.13. The molecule has 2 heterocycles. The molecule has 4 nitrogen and oxygen atoms in total. The van der Waals surface area contributed by atoms with Crippen LogP contribution in [-0.4, -0.2) is 40.5 Å². The maximum Gasteiger partial charge on any atom is 0.222 e. The Bertz CT molecular complexity index is 330. The molecule has 1 unspecified atom stereocenters. The molecule has 0 saturated carbocycles. The van der Waals surface area contributed by atoms with Crippen LogP contribution in [0.4, 0.5) is 5.95 Å². The zero-order valence-electron chi connectivity index (χ0n) is 10.8. The van der Waals surface area contributed by atoms with E-state index in [1.165, 1.54) is 32.4 Å². The van der Waals surface area contributed by atoms with Gasteiger partial charge in [-0.1, -0.05) is 6.42 Å². The highest BCUT2D eigenvalue weighted by molar-refractivity contribution is 5.25. The average molecular weight is 234 g/mol. The smallest absolute Gasteiger partial charge is 0.222 e. The number of anilines is 1. The number of nitrogens with one attached hydrogen (secondary N) is 1. The van der Waals surface area contributed by atoms with E-state index >= 15 is 0 Å². The molecular weight excluding hydrogens is 212 g/mol. The van der Waals surface area contributed by atoms with Gasteiger partial charge >= 0.3 is 0 Å². The summed E-state index contributed by atoms with van der Waals surface area (Å²) in [6.45, 7) is 7.75. The van der Waals surface area contributed by atoms with Crippen molar-refractivity contribution in [3.8, 4) is 0 Å². The molecule has 1 aromatic heterocycles. The van der Waals surface area contributed by atoms with Gasteiger partial charge < -0.3 is 10.2 Å². The van der Waals surface area contributed by atoms with E-state index in [4.69, 9.17) is 0 Å². The van der Waals surface area contributed by atoms with Gasteiger partial charge in [0.2, 0.25) is 5.95 Å². The van der Waals surface area contributed by atoms with Crippen molar-refractivity contribution >= 4 is 5.95 Å². The zero-order chi connectivity index (χ0) is 12.1. The topological polar surface area (TPSA) is 41.1 Å². The third-order valence-corrected chi connectivity index (χ3v) is 3.14. The van der Waals surface area contributed by atoms with Crippen LogP contribution >= 0.6 is 0 Å². The summed E-state index contributed by atoms with van der Waals surface area (Å²) in [6, 6.07) is 0.399. The molecule has 4 heteroatoms. The highest BCUT2D eigenvalue weighted by atomic mass is 15.2. The van der Waals surface area contributed by atoms with Crippen LogP contribution in [0.1, 0.15) is 31.7 Å². The molecule has 1 saturated heterocycles. The van der Waals surface area contributed by atoms with Crippen molar-refractivity contribution in [3.63, 3.8) is 0 Å². The summed E-state index contributed by atoms with van der Waals surface area (Å²) >= 11 is 0. The van der Waals surface area contributed by atoms with Crippen LogP contribution in [0.2, 0.25) is 0 Å². The normalized spacial score (nSPS) is 18.9. The van der Waals surface area contributed by atoms with E-state index in [-0.39, 0.29) is 0 Å². The number of rotatable bonds is 4. The first-order chi connectivity index (χ1) is 8.24. The lowest BCUT2D eigenvalue weighted by Gasteiger charge is -2.29. The number of hydrogen-bond donors (Lipinski definition) is 1. The molecule has 1 aliphatic rings. The Balaban J connectivity index is 1.79. The summed E-state index contributed by atoms with van der Waals surface area (Å²) < 4.78 is 0. The molecular formula is C13H22N4. The van der Waals surface area contributed by atoms with Crippen LogP contribution in [0.3, 0.4) is 0 Å². The molecule has 0 amide bonds. The van der Waals surface area contributed by atoms with Gasteiger partial charge in [0.15, 0.2) is 0 Å². The van der Waals surface area contributed by atoms with Crippen LogP contribution in [-0.2, 0) is 0 Å². The Morgan fingerprint density at radius 1 is 1.24 bits per heavy atom. The third kappa shape index (κ3) is 3.97.